The summed E-state index contributed by atoms with van der Waals surface area (Å²) in [4.78, 5) is 4.08. The van der Waals surface area contributed by atoms with Crippen molar-refractivity contribution < 1.29 is 27.2 Å². The molecule has 0 spiro atoms. The van der Waals surface area contributed by atoms with Crippen LogP contribution in [0.2, 0.25) is 0 Å². The van der Waals surface area contributed by atoms with Crippen molar-refractivity contribution in [1.82, 2.24) is 10.1 Å². The fourth-order valence-electron chi connectivity index (χ4n) is 1.70. The average molecular weight is 281 g/mol. The van der Waals surface area contributed by atoms with Crippen LogP contribution in [0.3, 0.4) is 0 Å². The fourth-order valence-corrected chi connectivity index (χ4v) is 1.70. The standard InChI is InChI=1S/C10H14F3N3O3/c11-10(12,13)5-17-2-1-8-15-9(19-16-8)6-3-18-4-7(6)14/h6-7H,1-5,14H2. The summed E-state index contributed by atoms with van der Waals surface area (Å²) in [6, 6.07) is -0.199. The van der Waals surface area contributed by atoms with Crippen molar-refractivity contribution in [3.05, 3.63) is 11.7 Å². The lowest BCUT2D eigenvalue weighted by atomic mass is 10.1. The summed E-state index contributed by atoms with van der Waals surface area (Å²) < 4.78 is 50.1. The molecule has 1 aliphatic rings. The predicted octanol–water partition coefficient (Wildman–Crippen LogP) is 0.632. The molecule has 19 heavy (non-hydrogen) atoms. The molecule has 9 heteroatoms. The van der Waals surface area contributed by atoms with Gasteiger partial charge in [-0.1, -0.05) is 5.16 Å². The molecule has 1 fully saturated rings. The third-order valence-corrected chi connectivity index (χ3v) is 2.66. The Morgan fingerprint density at radius 1 is 1.37 bits per heavy atom. The first-order valence-corrected chi connectivity index (χ1v) is 5.76. The second-order valence-corrected chi connectivity index (χ2v) is 4.27. The number of nitrogens with two attached hydrogens (primary N) is 1. The number of aromatic nitrogens is 2. The van der Waals surface area contributed by atoms with E-state index in [9.17, 15) is 13.2 Å². The van der Waals surface area contributed by atoms with E-state index in [1.807, 2.05) is 0 Å². The van der Waals surface area contributed by atoms with Crippen molar-refractivity contribution in [1.29, 1.82) is 0 Å². The van der Waals surface area contributed by atoms with Crippen LogP contribution in [0, 0.1) is 0 Å². The maximum absolute atomic E-state index is 11.8. The van der Waals surface area contributed by atoms with Crippen LogP contribution in [0.1, 0.15) is 17.6 Å². The Labute approximate surface area is 107 Å². The average Bonchev–Trinajstić information content (AvgIpc) is 2.91. The number of hydrogen-bond acceptors (Lipinski definition) is 6. The van der Waals surface area contributed by atoms with Gasteiger partial charge in [0, 0.05) is 12.5 Å². The molecule has 2 rings (SSSR count). The van der Waals surface area contributed by atoms with Crippen LogP contribution < -0.4 is 5.73 Å². The first-order valence-electron chi connectivity index (χ1n) is 5.76. The molecule has 0 amide bonds. The smallest absolute Gasteiger partial charge is 0.379 e. The summed E-state index contributed by atoms with van der Waals surface area (Å²) in [6.45, 7) is -0.560. The van der Waals surface area contributed by atoms with Gasteiger partial charge in [0.05, 0.1) is 25.7 Å². The van der Waals surface area contributed by atoms with E-state index in [2.05, 4.69) is 14.9 Å². The van der Waals surface area contributed by atoms with Gasteiger partial charge in [0.15, 0.2) is 5.82 Å². The monoisotopic (exact) mass is 281 g/mol. The molecule has 0 aliphatic carbocycles. The van der Waals surface area contributed by atoms with Crippen LogP contribution in [0.25, 0.3) is 0 Å². The molecule has 2 unspecified atom stereocenters. The lowest BCUT2D eigenvalue weighted by Gasteiger charge is -2.06. The summed E-state index contributed by atoms with van der Waals surface area (Å²) in [5, 5.41) is 3.67. The molecule has 0 radical (unpaired) electrons. The lowest BCUT2D eigenvalue weighted by Crippen LogP contribution is -2.27. The second-order valence-electron chi connectivity index (χ2n) is 4.27. The van der Waals surface area contributed by atoms with Crippen LogP contribution >= 0.6 is 0 Å². The lowest BCUT2D eigenvalue weighted by molar-refractivity contribution is -0.173. The highest BCUT2D eigenvalue weighted by atomic mass is 19.4. The highest BCUT2D eigenvalue weighted by Crippen LogP contribution is 2.22. The van der Waals surface area contributed by atoms with Gasteiger partial charge in [0.25, 0.3) is 0 Å². The Kier molecular flexibility index (Phi) is 4.38. The minimum Gasteiger partial charge on any atom is -0.379 e. The van der Waals surface area contributed by atoms with Crippen LogP contribution in [-0.4, -0.2) is 48.8 Å². The molecule has 108 valence electrons. The van der Waals surface area contributed by atoms with E-state index in [1.54, 1.807) is 0 Å². The molecule has 1 aliphatic heterocycles. The summed E-state index contributed by atoms with van der Waals surface area (Å²) in [5.74, 6) is 0.504. The van der Waals surface area contributed by atoms with E-state index in [0.717, 1.165) is 0 Å². The molecule has 1 saturated heterocycles. The van der Waals surface area contributed by atoms with E-state index < -0.39 is 12.8 Å². The summed E-state index contributed by atoms with van der Waals surface area (Å²) >= 11 is 0. The van der Waals surface area contributed by atoms with Crippen molar-refractivity contribution in [2.24, 2.45) is 5.73 Å². The van der Waals surface area contributed by atoms with Crippen molar-refractivity contribution >= 4 is 0 Å². The molecule has 0 bridgehead atoms. The quantitative estimate of drug-likeness (QED) is 0.797. The van der Waals surface area contributed by atoms with Crippen molar-refractivity contribution in [2.45, 2.75) is 24.6 Å². The van der Waals surface area contributed by atoms with Gasteiger partial charge in [-0.25, -0.2) is 0 Å². The number of nitrogens with zero attached hydrogens (tertiary/aromatic N) is 2. The molecule has 0 saturated carbocycles. The maximum atomic E-state index is 11.8. The Hall–Kier alpha value is -1.19. The fraction of sp³-hybridized carbons (Fsp3) is 0.800. The van der Waals surface area contributed by atoms with E-state index in [4.69, 9.17) is 15.0 Å². The topological polar surface area (TPSA) is 83.4 Å². The number of halogens is 3. The molecule has 6 nitrogen and oxygen atoms in total. The molecule has 2 heterocycles. The van der Waals surface area contributed by atoms with Crippen LogP contribution in [0.4, 0.5) is 13.2 Å². The zero-order valence-corrected chi connectivity index (χ0v) is 10.0. The predicted molar refractivity (Wildman–Crippen MR) is 56.4 cm³/mol. The van der Waals surface area contributed by atoms with Crippen LogP contribution in [0.15, 0.2) is 4.52 Å². The minimum atomic E-state index is -4.32. The van der Waals surface area contributed by atoms with Gasteiger partial charge in [-0.3, -0.25) is 0 Å². The summed E-state index contributed by atoms with van der Waals surface area (Å²) in [7, 11) is 0. The SMILES string of the molecule is NC1COCC1c1nc(CCOCC(F)(F)F)no1. The third kappa shape index (κ3) is 4.15. The van der Waals surface area contributed by atoms with E-state index in [1.165, 1.54) is 0 Å². The molecular weight excluding hydrogens is 267 g/mol. The molecule has 2 N–H and O–H groups in total. The number of rotatable bonds is 5. The van der Waals surface area contributed by atoms with Gasteiger partial charge >= 0.3 is 6.18 Å². The molecule has 1 aromatic heterocycles. The van der Waals surface area contributed by atoms with Gasteiger partial charge < -0.3 is 19.7 Å². The van der Waals surface area contributed by atoms with Crippen LogP contribution in [0.5, 0.6) is 0 Å². The molecule has 1 aromatic rings. The van der Waals surface area contributed by atoms with Crippen molar-refractivity contribution in [3.63, 3.8) is 0 Å². The normalized spacial score (nSPS) is 24.0. The largest absolute Gasteiger partial charge is 0.411 e. The van der Waals surface area contributed by atoms with Gasteiger partial charge in [0.2, 0.25) is 5.89 Å². The zero-order valence-electron chi connectivity index (χ0n) is 10.0. The van der Waals surface area contributed by atoms with E-state index >= 15 is 0 Å². The van der Waals surface area contributed by atoms with Gasteiger partial charge in [0.1, 0.15) is 6.61 Å². The number of alkyl halides is 3. The second kappa shape index (κ2) is 5.85. The Morgan fingerprint density at radius 2 is 2.16 bits per heavy atom. The van der Waals surface area contributed by atoms with Crippen LogP contribution in [-0.2, 0) is 15.9 Å². The summed E-state index contributed by atoms with van der Waals surface area (Å²) in [6.07, 6.45) is -4.17. The Balaban J connectivity index is 1.78. The first kappa shape index (κ1) is 14.2. The molecule has 2 atom stereocenters. The number of ether oxygens (including phenoxy) is 2. The minimum absolute atomic E-state index is 0.119. The highest BCUT2D eigenvalue weighted by molar-refractivity contribution is 5.01. The van der Waals surface area contributed by atoms with E-state index in [-0.39, 0.29) is 25.0 Å². The zero-order chi connectivity index (χ0) is 13.9. The van der Waals surface area contributed by atoms with Gasteiger partial charge in [-0.15, -0.1) is 0 Å². The first-order chi connectivity index (χ1) is 8.96. The van der Waals surface area contributed by atoms with E-state index in [0.29, 0.717) is 24.9 Å². The van der Waals surface area contributed by atoms with Crippen molar-refractivity contribution in [3.8, 4) is 0 Å². The van der Waals surface area contributed by atoms with Crippen molar-refractivity contribution in [2.75, 3.05) is 26.4 Å². The molecule has 0 aromatic carbocycles. The van der Waals surface area contributed by atoms with Gasteiger partial charge in [-0.05, 0) is 0 Å². The summed E-state index contributed by atoms with van der Waals surface area (Å²) in [5.41, 5.74) is 5.79. The van der Waals surface area contributed by atoms with Gasteiger partial charge in [-0.2, -0.15) is 18.2 Å². The Bertz CT molecular complexity index is 410. The maximum Gasteiger partial charge on any atom is 0.411 e. The highest BCUT2D eigenvalue weighted by Gasteiger charge is 2.31. The third-order valence-electron chi connectivity index (χ3n) is 2.66. The molecular formula is C10H14F3N3O3. The number of hydrogen-bond donors (Lipinski definition) is 1. The Morgan fingerprint density at radius 3 is 2.79 bits per heavy atom.